The van der Waals surface area contributed by atoms with Crippen LogP contribution in [0.25, 0.3) is 22.3 Å². The zero-order valence-electron chi connectivity index (χ0n) is 10.9. The van der Waals surface area contributed by atoms with Crippen LogP contribution < -0.4 is 0 Å². The van der Waals surface area contributed by atoms with Crippen molar-refractivity contribution in [2.24, 2.45) is 0 Å². The minimum Gasteiger partial charge on any atom is -0.461 e. The number of pyridine rings is 1. The van der Waals surface area contributed by atoms with Crippen molar-refractivity contribution < 1.29 is 9.53 Å². The van der Waals surface area contributed by atoms with Gasteiger partial charge in [-0.1, -0.05) is 0 Å². The van der Waals surface area contributed by atoms with Gasteiger partial charge in [-0.15, -0.1) is 28.3 Å². The van der Waals surface area contributed by atoms with Crippen LogP contribution in [0.1, 0.15) is 16.7 Å². The van der Waals surface area contributed by atoms with Crippen LogP contribution >= 0.6 is 44.2 Å². The predicted molar refractivity (Wildman–Crippen MR) is 91.2 cm³/mol. The smallest absolute Gasteiger partial charge is 0.367 e. The number of carbonyl (C=O) groups is 1. The first kappa shape index (κ1) is 16.1. The summed E-state index contributed by atoms with van der Waals surface area (Å²) in [7, 11) is 0. The lowest BCUT2D eigenvalue weighted by Gasteiger charge is -1.96. The molecular weight excluding hydrogens is 422 g/mol. The zero-order chi connectivity index (χ0) is 14.1. The summed E-state index contributed by atoms with van der Waals surface area (Å²) in [5.74, 6) is -0.386. The quantitative estimate of drug-likeness (QED) is 0.629. The van der Waals surface area contributed by atoms with Gasteiger partial charge in [-0.05, 0) is 28.9 Å². The second-order valence-corrected chi connectivity index (χ2v) is 5.78. The fraction of sp³-hybridized carbons (Fsp3) is 0.154. The molecule has 0 aromatic carbocycles. The molecule has 21 heavy (non-hydrogen) atoms. The lowest BCUT2D eigenvalue weighted by molar-refractivity contribution is 0.0526. The van der Waals surface area contributed by atoms with Gasteiger partial charge in [-0.2, -0.15) is 0 Å². The lowest BCUT2D eigenvalue weighted by Crippen LogP contribution is -2.03. The van der Waals surface area contributed by atoms with Gasteiger partial charge in [0.1, 0.15) is 5.65 Å². The van der Waals surface area contributed by atoms with Crippen LogP contribution in [0.4, 0.5) is 0 Å². The maximum atomic E-state index is 11.6. The number of hydrogen-bond acceptors (Lipinski definition) is 5. The van der Waals surface area contributed by atoms with E-state index in [1.807, 2.05) is 17.6 Å². The Hall–Kier alpha value is -1.25. The molecule has 0 radical (unpaired) electrons. The van der Waals surface area contributed by atoms with E-state index in [-0.39, 0.29) is 23.0 Å². The van der Waals surface area contributed by atoms with E-state index in [4.69, 9.17) is 4.74 Å². The highest BCUT2D eigenvalue weighted by Crippen LogP contribution is 2.30. The first-order valence-corrected chi connectivity index (χ1v) is 7.62. The van der Waals surface area contributed by atoms with Crippen molar-refractivity contribution in [3.05, 3.63) is 33.3 Å². The second-order valence-electron chi connectivity index (χ2n) is 4.01. The molecule has 0 aliphatic carbocycles. The van der Waals surface area contributed by atoms with Gasteiger partial charge >= 0.3 is 5.97 Å². The van der Waals surface area contributed by atoms with Gasteiger partial charge in [0, 0.05) is 33.2 Å². The third-order valence-corrected chi connectivity index (χ3v) is 3.98. The standard InChI is InChI=1S/C13H10BrN3O2S.BrH/c1-2-19-13(18)12-17-10(6-20-12)9-5-16-11-8(9)3-7(14)4-15-11;/h3-6H,2H2,1H3,(H,15,16);1H. The third kappa shape index (κ3) is 3.17. The number of H-pyrrole nitrogens is 1. The van der Waals surface area contributed by atoms with Crippen LogP contribution in [0.15, 0.2) is 28.3 Å². The Morgan fingerprint density at radius 3 is 3.10 bits per heavy atom. The largest absolute Gasteiger partial charge is 0.461 e. The molecular formula is C13H11Br2N3O2S. The third-order valence-electron chi connectivity index (χ3n) is 2.73. The van der Waals surface area contributed by atoms with E-state index in [0.29, 0.717) is 11.6 Å². The fourth-order valence-corrected chi connectivity index (χ4v) is 2.91. The molecule has 1 N–H and O–H groups in total. The Labute approximate surface area is 143 Å². The molecule has 0 atom stereocenters. The number of esters is 1. The van der Waals surface area contributed by atoms with E-state index in [1.165, 1.54) is 11.3 Å². The van der Waals surface area contributed by atoms with Crippen molar-refractivity contribution in [2.75, 3.05) is 6.61 Å². The first-order valence-electron chi connectivity index (χ1n) is 5.94. The van der Waals surface area contributed by atoms with Crippen LogP contribution in [-0.4, -0.2) is 27.5 Å². The summed E-state index contributed by atoms with van der Waals surface area (Å²) in [5, 5.41) is 3.16. The molecule has 0 spiro atoms. The monoisotopic (exact) mass is 431 g/mol. The van der Waals surface area contributed by atoms with Gasteiger partial charge in [0.25, 0.3) is 0 Å². The van der Waals surface area contributed by atoms with Crippen molar-refractivity contribution in [3.63, 3.8) is 0 Å². The van der Waals surface area contributed by atoms with E-state index < -0.39 is 0 Å². The molecule has 3 rings (SSSR count). The Morgan fingerprint density at radius 1 is 1.52 bits per heavy atom. The number of halogens is 2. The maximum absolute atomic E-state index is 11.6. The van der Waals surface area contributed by atoms with Crippen molar-refractivity contribution in [1.29, 1.82) is 0 Å². The molecule has 110 valence electrons. The summed E-state index contributed by atoms with van der Waals surface area (Å²) in [4.78, 5) is 23.3. The van der Waals surface area contributed by atoms with E-state index >= 15 is 0 Å². The molecule has 0 bridgehead atoms. The molecule has 0 amide bonds. The highest BCUT2D eigenvalue weighted by Gasteiger charge is 2.15. The molecule has 8 heteroatoms. The van der Waals surface area contributed by atoms with E-state index in [9.17, 15) is 4.79 Å². The summed E-state index contributed by atoms with van der Waals surface area (Å²) >= 11 is 4.68. The van der Waals surface area contributed by atoms with E-state index in [1.54, 1.807) is 13.1 Å². The fourth-order valence-electron chi connectivity index (χ4n) is 1.87. The number of aromatic nitrogens is 3. The minimum atomic E-state index is -0.386. The second kappa shape index (κ2) is 6.67. The zero-order valence-corrected chi connectivity index (χ0v) is 15.0. The van der Waals surface area contributed by atoms with Crippen LogP contribution in [0.5, 0.6) is 0 Å². The molecule has 3 aromatic heterocycles. The lowest BCUT2D eigenvalue weighted by atomic mass is 10.2. The van der Waals surface area contributed by atoms with Crippen molar-refractivity contribution in [3.8, 4) is 11.3 Å². The molecule has 0 fully saturated rings. The summed E-state index contributed by atoms with van der Waals surface area (Å²) < 4.78 is 5.84. The number of fused-ring (bicyclic) bond motifs is 1. The van der Waals surface area contributed by atoms with Crippen LogP contribution in [-0.2, 0) is 4.74 Å². The Bertz CT molecular complexity index is 785. The van der Waals surface area contributed by atoms with Crippen molar-refractivity contribution in [2.45, 2.75) is 6.92 Å². The number of hydrogen-bond donors (Lipinski definition) is 1. The van der Waals surface area contributed by atoms with Crippen LogP contribution in [0.2, 0.25) is 0 Å². The maximum Gasteiger partial charge on any atom is 0.367 e. The summed E-state index contributed by atoms with van der Waals surface area (Å²) in [5.41, 5.74) is 2.44. The number of aromatic amines is 1. The highest BCUT2D eigenvalue weighted by molar-refractivity contribution is 9.10. The average molecular weight is 433 g/mol. The van der Waals surface area contributed by atoms with Gasteiger partial charge in [-0.3, -0.25) is 0 Å². The van der Waals surface area contributed by atoms with Crippen molar-refractivity contribution >= 4 is 61.3 Å². The van der Waals surface area contributed by atoms with Crippen LogP contribution in [0.3, 0.4) is 0 Å². The molecule has 0 saturated carbocycles. The molecule has 3 heterocycles. The Kier molecular flexibility index (Phi) is 5.13. The number of carbonyl (C=O) groups excluding carboxylic acids is 1. The molecule has 3 aromatic rings. The molecule has 0 unspecified atom stereocenters. The Balaban J connectivity index is 0.00000161. The minimum absolute atomic E-state index is 0. The topological polar surface area (TPSA) is 67.9 Å². The van der Waals surface area contributed by atoms with Crippen LogP contribution in [0, 0.1) is 0 Å². The number of ether oxygens (including phenoxy) is 1. The number of nitrogens with one attached hydrogen (secondary N) is 1. The van der Waals surface area contributed by atoms with Gasteiger partial charge in [-0.25, -0.2) is 14.8 Å². The summed E-state index contributed by atoms with van der Waals surface area (Å²) in [6, 6.07) is 1.97. The first-order chi connectivity index (χ1) is 9.69. The SMILES string of the molecule is Br.CCOC(=O)c1nc(-c2c[nH]c3ncc(Br)cc23)cs1. The predicted octanol–water partition coefficient (Wildman–Crippen LogP) is 4.20. The number of nitrogens with zero attached hydrogens (tertiary/aromatic N) is 2. The van der Waals surface area contributed by atoms with Gasteiger partial charge in [0.05, 0.1) is 12.3 Å². The highest BCUT2D eigenvalue weighted by atomic mass is 79.9. The van der Waals surface area contributed by atoms with E-state index in [0.717, 1.165) is 26.8 Å². The van der Waals surface area contributed by atoms with Gasteiger partial charge in [0.2, 0.25) is 5.01 Å². The van der Waals surface area contributed by atoms with Gasteiger partial charge < -0.3 is 9.72 Å². The molecule has 0 saturated heterocycles. The number of rotatable bonds is 3. The Morgan fingerprint density at radius 2 is 2.33 bits per heavy atom. The molecule has 0 aliphatic heterocycles. The average Bonchev–Trinajstić information content (AvgIpc) is 3.04. The normalized spacial score (nSPS) is 10.4. The van der Waals surface area contributed by atoms with Crippen molar-refractivity contribution in [1.82, 2.24) is 15.0 Å². The molecule has 5 nitrogen and oxygen atoms in total. The van der Waals surface area contributed by atoms with E-state index in [2.05, 4.69) is 30.9 Å². The number of thiazole rings is 1. The van der Waals surface area contributed by atoms with Gasteiger partial charge in [0.15, 0.2) is 0 Å². The molecule has 0 aliphatic rings. The summed E-state index contributed by atoms with van der Waals surface area (Å²) in [6.07, 6.45) is 3.57. The summed E-state index contributed by atoms with van der Waals surface area (Å²) in [6.45, 7) is 2.12.